The van der Waals surface area contributed by atoms with Gasteiger partial charge in [0.15, 0.2) is 11.9 Å². The number of carboxylic acid groups (broad SMARTS) is 2. The number of hydrogen-bond donors (Lipinski definition) is 7. The number of esters is 1. The number of rotatable bonds is 14. The zero-order valence-corrected chi connectivity index (χ0v) is 23.8. The first-order valence-electron chi connectivity index (χ1n) is 13.4. The average molecular weight is 621 g/mol. The van der Waals surface area contributed by atoms with Crippen LogP contribution in [-0.2, 0) is 38.5 Å². The van der Waals surface area contributed by atoms with Crippen LogP contribution in [0.2, 0.25) is 0 Å². The lowest BCUT2D eigenvalue weighted by molar-refractivity contribution is -0.295. The van der Waals surface area contributed by atoms with Gasteiger partial charge in [0, 0.05) is 58.9 Å². The van der Waals surface area contributed by atoms with Gasteiger partial charge in [0.05, 0.1) is 33.3 Å². The molecule has 244 valence electrons. The summed E-state index contributed by atoms with van der Waals surface area (Å²) in [6, 6.07) is 0. The van der Waals surface area contributed by atoms with Gasteiger partial charge in [-0.3, -0.25) is 38.8 Å². The van der Waals surface area contributed by atoms with Gasteiger partial charge in [-0.2, -0.15) is 0 Å². The molecule has 2 rings (SSSR count). The molecule has 0 saturated carbocycles. The zero-order chi connectivity index (χ0) is 31.9. The number of cyclic esters (lactones) is 1. The van der Waals surface area contributed by atoms with E-state index < -0.39 is 66.5 Å². The Labute approximate surface area is 247 Å². The first-order valence-corrected chi connectivity index (χ1v) is 13.4. The molecular weight excluding hydrogens is 580 g/mol. The second-order valence-electron chi connectivity index (χ2n) is 9.86. The summed E-state index contributed by atoms with van der Waals surface area (Å²) < 4.78 is 4.62. The third-order valence-corrected chi connectivity index (χ3v) is 6.61. The van der Waals surface area contributed by atoms with Crippen molar-refractivity contribution in [3.05, 3.63) is 11.5 Å². The van der Waals surface area contributed by atoms with Crippen molar-refractivity contribution < 1.29 is 64.0 Å². The van der Waals surface area contributed by atoms with Gasteiger partial charge in [0.25, 0.3) is 0 Å². The maximum atomic E-state index is 12.7. The van der Waals surface area contributed by atoms with Crippen molar-refractivity contribution in [3.8, 4) is 0 Å². The molecule has 2 amide bonds. The highest BCUT2D eigenvalue weighted by molar-refractivity contribution is 5.89. The molecular formula is C24H40N6O13. The lowest BCUT2D eigenvalue weighted by Gasteiger charge is -2.33. The summed E-state index contributed by atoms with van der Waals surface area (Å²) in [7, 11) is 1.35. The van der Waals surface area contributed by atoms with Crippen LogP contribution in [0.5, 0.6) is 0 Å². The minimum Gasteiger partial charge on any atom is -0.505 e. The molecule has 7 N–H and O–H groups in total. The Morgan fingerprint density at radius 2 is 1.33 bits per heavy atom. The summed E-state index contributed by atoms with van der Waals surface area (Å²) in [5.41, 5.74) is 0. The topological polar surface area (TPSA) is 251 Å². The highest BCUT2D eigenvalue weighted by Gasteiger charge is 2.39. The quantitative estimate of drug-likeness (QED) is 0.0552. The van der Waals surface area contributed by atoms with E-state index in [0.717, 1.165) is 0 Å². The largest absolute Gasteiger partial charge is 0.505 e. The number of carboxylic acids is 2. The van der Waals surface area contributed by atoms with E-state index in [1.54, 1.807) is 14.7 Å². The van der Waals surface area contributed by atoms with Crippen molar-refractivity contribution in [3.63, 3.8) is 0 Å². The van der Waals surface area contributed by atoms with E-state index in [-0.39, 0.29) is 39.5 Å². The van der Waals surface area contributed by atoms with Crippen molar-refractivity contribution in [2.24, 2.45) is 0 Å². The number of nitrogens with one attached hydrogen (secondary N) is 2. The van der Waals surface area contributed by atoms with Gasteiger partial charge in [0.2, 0.25) is 17.6 Å². The number of aliphatic hydroxyl groups is 3. The van der Waals surface area contributed by atoms with Gasteiger partial charge in [0.1, 0.15) is 12.8 Å². The predicted molar refractivity (Wildman–Crippen MR) is 143 cm³/mol. The number of carbonyl (C=O) groups is 5. The Bertz CT molecular complexity index is 1010. The molecule has 1 saturated heterocycles. The van der Waals surface area contributed by atoms with E-state index >= 15 is 0 Å². The fourth-order valence-electron chi connectivity index (χ4n) is 4.24. The minimum absolute atomic E-state index is 0.0852. The Kier molecular flexibility index (Phi) is 15.0. The number of aliphatic carboxylic acids is 2. The van der Waals surface area contributed by atoms with E-state index in [1.807, 2.05) is 4.90 Å². The average Bonchev–Trinajstić information content (AvgIpc) is 3.20. The summed E-state index contributed by atoms with van der Waals surface area (Å²) in [6.45, 7) is 1.27. The summed E-state index contributed by atoms with van der Waals surface area (Å²) in [5.74, 6) is -6.32. The van der Waals surface area contributed by atoms with Crippen LogP contribution < -0.4 is 10.6 Å². The van der Waals surface area contributed by atoms with Gasteiger partial charge >= 0.3 is 17.9 Å². The zero-order valence-electron chi connectivity index (χ0n) is 23.8. The standard InChI is InChI=1S/C24H40N6O13/c1-41-42-15-30-8-6-27(2-3-28(13-19(34)35)4-5-29(7-9-30)14-20(36)37)12-18(33)26-11-17(32)25-10-16(31)23-21(38)22(39)24(40)43-23/h16,23,31,38-39H,2-15H2,1H3,(H,25,32)(H,26,33)(H,34,35)(H,36,37). The summed E-state index contributed by atoms with van der Waals surface area (Å²) >= 11 is 0. The van der Waals surface area contributed by atoms with Crippen LogP contribution in [0.25, 0.3) is 0 Å². The van der Waals surface area contributed by atoms with E-state index in [4.69, 9.17) is 9.78 Å². The first-order chi connectivity index (χ1) is 20.4. The van der Waals surface area contributed by atoms with Crippen molar-refractivity contribution in [1.29, 1.82) is 0 Å². The van der Waals surface area contributed by atoms with Crippen LogP contribution in [0.4, 0.5) is 0 Å². The monoisotopic (exact) mass is 620 g/mol. The summed E-state index contributed by atoms with van der Waals surface area (Å²) in [6.07, 6.45) is -3.09. The minimum atomic E-state index is -1.55. The summed E-state index contributed by atoms with van der Waals surface area (Å²) in [5, 5.41) is 52.4. The van der Waals surface area contributed by atoms with E-state index in [0.29, 0.717) is 39.3 Å². The highest BCUT2D eigenvalue weighted by Crippen LogP contribution is 2.21. The second-order valence-corrected chi connectivity index (χ2v) is 9.86. The second kappa shape index (κ2) is 18.2. The Balaban J connectivity index is 1.94. The molecule has 1 fully saturated rings. The Morgan fingerprint density at radius 3 is 1.77 bits per heavy atom. The molecule has 2 atom stereocenters. The normalized spacial score (nSPS) is 21.0. The van der Waals surface area contributed by atoms with E-state index in [2.05, 4.69) is 15.4 Å². The van der Waals surface area contributed by atoms with Gasteiger partial charge in [-0.1, -0.05) is 0 Å². The third kappa shape index (κ3) is 13.1. The summed E-state index contributed by atoms with van der Waals surface area (Å²) in [4.78, 5) is 75.6. The van der Waals surface area contributed by atoms with Crippen molar-refractivity contribution in [2.75, 3.05) is 98.9 Å². The molecule has 43 heavy (non-hydrogen) atoms. The smallest absolute Gasteiger partial charge is 0.377 e. The third-order valence-electron chi connectivity index (χ3n) is 6.61. The molecule has 0 aromatic heterocycles. The lowest BCUT2D eigenvalue weighted by atomic mass is 10.1. The SMILES string of the molecule is COOCN1CCN(CC(=O)O)CCN(CC(=O)O)CCN(CC(=O)NCC(=O)NCC(O)C2OC(=O)C(O)=C2O)CC1. The molecule has 0 spiro atoms. The molecule has 0 aromatic rings. The van der Waals surface area contributed by atoms with Crippen molar-refractivity contribution in [1.82, 2.24) is 30.2 Å². The van der Waals surface area contributed by atoms with Crippen molar-refractivity contribution >= 4 is 29.7 Å². The number of amides is 2. The number of hydrogen-bond acceptors (Lipinski definition) is 15. The molecule has 19 heteroatoms. The molecule has 2 heterocycles. The van der Waals surface area contributed by atoms with Crippen LogP contribution in [0, 0.1) is 0 Å². The van der Waals surface area contributed by atoms with Gasteiger partial charge in [-0.25, -0.2) is 14.6 Å². The maximum absolute atomic E-state index is 12.7. The maximum Gasteiger partial charge on any atom is 0.377 e. The van der Waals surface area contributed by atoms with Crippen LogP contribution in [0.1, 0.15) is 0 Å². The first kappa shape index (κ1) is 35.6. The molecule has 2 unspecified atom stereocenters. The number of carbonyl (C=O) groups excluding carboxylic acids is 3. The molecule has 0 bridgehead atoms. The highest BCUT2D eigenvalue weighted by atomic mass is 17.2. The van der Waals surface area contributed by atoms with Crippen LogP contribution >= 0.6 is 0 Å². The van der Waals surface area contributed by atoms with Gasteiger partial charge in [-0.15, -0.1) is 0 Å². The lowest BCUT2D eigenvalue weighted by Crippen LogP contribution is -2.50. The molecule has 0 radical (unpaired) electrons. The number of aliphatic hydroxyl groups excluding tert-OH is 3. The molecule has 19 nitrogen and oxygen atoms in total. The Hall–Kier alpha value is -3.59. The molecule has 2 aliphatic heterocycles. The Morgan fingerprint density at radius 1 is 0.837 bits per heavy atom. The number of ether oxygens (including phenoxy) is 1. The van der Waals surface area contributed by atoms with Gasteiger partial charge < -0.3 is 40.9 Å². The van der Waals surface area contributed by atoms with Crippen LogP contribution in [0.3, 0.4) is 0 Å². The van der Waals surface area contributed by atoms with Crippen LogP contribution in [-0.4, -0.2) is 186 Å². The van der Waals surface area contributed by atoms with Crippen LogP contribution in [0.15, 0.2) is 11.5 Å². The predicted octanol–water partition coefficient (Wildman–Crippen LogP) is -4.24. The molecule has 0 aliphatic carbocycles. The number of nitrogens with zero attached hydrogens (tertiary/aromatic N) is 4. The van der Waals surface area contributed by atoms with E-state index in [1.165, 1.54) is 7.11 Å². The fraction of sp³-hybridized carbons (Fsp3) is 0.708. The van der Waals surface area contributed by atoms with E-state index in [9.17, 15) is 49.5 Å². The molecule has 2 aliphatic rings. The molecule has 0 aromatic carbocycles. The van der Waals surface area contributed by atoms with Crippen molar-refractivity contribution in [2.45, 2.75) is 12.2 Å². The van der Waals surface area contributed by atoms with Gasteiger partial charge in [-0.05, 0) is 0 Å². The fourth-order valence-corrected chi connectivity index (χ4v) is 4.24.